The number of nitrogens with two attached hydrogens (primary N) is 1. The number of carbonyl (C=O) groups is 2. The molecule has 11 nitrogen and oxygen atoms in total. The molecule has 2 aromatic rings. The van der Waals surface area contributed by atoms with Crippen LogP contribution in [0.4, 0.5) is 0 Å². The minimum absolute atomic E-state index is 0.0383. The minimum Gasteiger partial charge on any atom is -0.409 e. The highest BCUT2D eigenvalue weighted by Crippen LogP contribution is 2.14. The SMILES string of the molecule is NC(=NO)c1ccc(CNC(=O)C2C=CCN2C(=O)[C@@H](CO)NS(=O)(=O)Cc2ccccc2)cc1. The first kappa shape index (κ1) is 25.9. The van der Waals surface area contributed by atoms with Gasteiger partial charge in [-0.1, -0.05) is 71.9 Å². The van der Waals surface area contributed by atoms with Crippen molar-refractivity contribution in [2.24, 2.45) is 10.9 Å². The summed E-state index contributed by atoms with van der Waals surface area (Å²) in [5.74, 6) is -1.56. The van der Waals surface area contributed by atoms with Gasteiger partial charge in [-0.3, -0.25) is 9.59 Å². The number of benzene rings is 2. The number of hydrogen-bond donors (Lipinski definition) is 5. The van der Waals surface area contributed by atoms with Crippen molar-refractivity contribution in [3.8, 4) is 0 Å². The first-order valence-electron chi connectivity index (χ1n) is 10.7. The molecule has 1 aliphatic heterocycles. The molecule has 35 heavy (non-hydrogen) atoms. The van der Waals surface area contributed by atoms with Crippen LogP contribution in [-0.4, -0.2) is 66.5 Å². The minimum atomic E-state index is -3.93. The van der Waals surface area contributed by atoms with Crippen LogP contribution in [0.25, 0.3) is 0 Å². The van der Waals surface area contributed by atoms with E-state index in [0.717, 1.165) is 5.56 Å². The monoisotopic (exact) mass is 501 g/mol. The number of oxime groups is 1. The lowest BCUT2D eigenvalue weighted by molar-refractivity contribution is -0.139. The summed E-state index contributed by atoms with van der Waals surface area (Å²) in [6, 6.07) is 12.7. The van der Waals surface area contributed by atoms with Gasteiger partial charge in [0.2, 0.25) is 21.8 Å². The third kappa shape index (κ3) is 6.88. The molecule has 3 rings (SSSR count). The second kappa shape index (κ2) is 11.6. The van der Waals surface area contributed by atoms with Crippen LogP contribution >= 0.6 is 0 Å². The molecule has 1 unspecified atom stereocenters. The Hall–Kier alpha value is -3.74. The van der Waals surface area contributed by atoms with E-state index >= 15 is 0 Å². The lowest BCUT2D eigenvalue weighted by Crippen LogP contribution is -2.55. The Morgan fingerprint density at radius 2 is 1.80 bits per heavy atom. The number of hydrogen-bond acceptors (Lipinski definition) is 7. The summed E-state index contributed by atoms with van der Waals surface area (Å²) >= 11 is 0. The molecule has 6 N–H and O–H groups in total. The van der Waals surface area contributed by atoms with Gasteiger partial charge >= 0.3 is 0 Å². The maximum absolute atomic E-state index is 13.0. The van der Waals surface area contributed by atoms with Gasteiger partial charge in [0.15, 0.2) is 5.84 Å². The van der Waals surface area contributed by atoms with Gasteiger partial charge in [0.25, 0.3) is 0 Å². The van der Waals surface area contributed by atoms with Crippen molar-refractivity contribution in [2.45, 2.75) is 24.4 Å². The third-order valence-electron chi connectivity index (χ3n) is 5.33. The highest BCUT2D eigenvalue weighted by atomic mass is 32.2. The van der Waals surface area contributed by atoms with Crippen LogP contribution < -0.4 is 15.8 Å². The number of nitrogens with zero attached hydrogens (tertiary/aromatic N) is 2. The predicted molar refractivity (Wildman–Crippen MR) is 129 cm³/mol. The van der Waals surface area contributed by atoms with E-state index in [9.17, 15) is 23.1 Å². The Morgan fingerprint density at radius 3 is 2.43 bits per heavy atom. The third-order valence-corrected chi connectivity index (χ3v) is 6.69. The zero-order valence-corrected chi connectivity index (χ0v) is 19.6. The van der Waals surface area contributed by atoms with Crippen molar-refractivity contribution in [3.63, 3.8) is 0 Å². The number of carbonyl (C=O) groups excluding carboxylic acids is 2. The maximum Gasteiger partial charge on any atom is 0.247 e. The fourth-order valence-corrected chi connectivity index (χ4v) is 4.86. The van der Waals surface area contributed by atoms with Crippen molar-refractivity contribution >= 4 is 27.7 Å². The molecule has 0 aromatic heterocycles. The number of amidine groups is 1. The van der Waals surface area contributed by atoms with E-state index in [2.05, 4.69) is 15.2 Å². The average Bonchev–Trinajstić information content (AvgIpc) is 3.36. The molecule has 2 aromatic carbocycles. The first-order chi connectivity index (χ1) is 16.7. The Balaban J connectivity index is 1.61. The van der Waals surface area contributed by atoms with Gasteiger partial charge in [0, 0.05) is 18.7 Å². The zero-order chi connectivity index (χ0) is 25.4. The van der Waals surface area contributed by atoms with E-state index in [4.69, 9.17) is 10.9 Å². The van der Waals surface area contributed by atoms with Crippen LogP contribution in [0.2, 0.25) is 0 Å². The first-order valence-corrected chi connectivity index (χ1v) is 12.4. The molecule has 0 aliphatic carbocycles. The van der Waals surface area contributed by atoms with E-state index < -0.39 is 40.5 Å². The second-order valence-corrected chi connectivity index (χ2v) is 9.62. The largest absolute Gasteiger partial charge is 0.409 e. The summed E-state index contributed by atoms with van der Waals surface area (Å²) < 4.78 is 27.3. The number of rotatable bonds is 10. The zero-order valence-electron chi connectivity index (χ0n) is 18.7. The smallest absolute Gasteiger partial charge is 0.247 e. The summed E-state index contributed by atoms with van der Waals surface area (Å²) in [7, 11) is -3.93. The lowest BCUT2D eigenvalue weighted by atomic mass is 10.1. The van der Waals surface area contributed by atoms with Gasteiger partial charge < -0.3 is 26.3 Å². The maximum atomic E-state index is 13.0. The predicted octanol–water partition coefficient (Wildman–Crippen LogP) is -0.355. The number of aliphatic hydroxyl groups excluding tert-OH is 1. The van der Waals surface area contributed by atoms with E-state index in [1.165, 1.54) is 4.90 Å². The average molecular weight is 502 g/mol. The van der Waals surface area contributed by atoms with E-state index in [1.807, 2.05) is 0 Å². The summed E-state index contributed by atoms with van der Waals surface area (Å²) in [4.78, 5) is 27.0. The summed E-state index contributed by atoms with van der Waals surface area (Å²) in [6.07, 6.45) is 3.17. The molecule has 1 heterocycles. The van der Waals surface area contributed by atoms with E-state index in [-0.39, 0.29) is 24.7 Å². The van der Waals surface area contributed by atoms with Gasteiger partial charge in [0.05, 0.1) is 12.4 Å². The van der Waals surface area contributed by atoms with Gasteiger partial charge in [-0.05, 0) is 11.1 Å². The Bertz CT molecular complexity index is 1200. The molecule has 186 valence electrons. The topological polar surface area (TPSA) is 174 Å². The highest BCUT2D eigenvalue weighted by molar-refractivity contribution is 7.88. The Kier molecular flexibility index (Phi) is 8.58. The highest BCUT2D eigenvalue weighted by Gasteiger charge is 2.35. The van der Waals surface area contributed by atoms with Crippen LogP contribution in [0.3, 0.4) is 0 Å². The second-order valence-electron chi connectivity index (χ2n) is 7.86. The van der Waals surface area contributed by atoms with Crippen LogP contribution in [0.15, 0.2) is 71.9 Å². The molecule has 12 heteroatoms. The van der Waals surface area contributed by atoms with Gasteiger partial charge in [-0.2, -0.15) is 0 Å². The van der Waals surface area contributed by atoms with Crippen molar-refractivity contribution in [3.05, 3.63) is 83.4 Å². The standard InChI is InChI=1S/C23H27N5O6S/c24-21(26-32)18-10-8-16(9-11-18)13-25-22(30)20-7-4-12-28(20)23(31)19(14-29)27-35(33,34)15-17-5-2-1-3-6-17/h1-11,19-20,27,29,32H,12-15H2,(H2,24,26)(H,25,30)/t19-,20?/m1/s1. The number of nitrogens with one attached hydrogen (secondary N) is 2. The summed E-state index contributed by atoms with van der Waals surface area (Å²) in [5, 5.41) is 24.1. The van der Waals surface area contributed by atoms with Crippen LogP contribution in [-0.2, 0) is 31.9 Å². The van der Waals surface area contributed by atoms with Gasteiger partial charge in [-0.25, -0.2) is 13.1 Å². The quantitative estimate of drug-likeness (QED) is 0.0971. The van der Waals surface area contributed by atoms with Crippen LogP contribution in [0.1, 0.15) is 16.7 Å². The van der Waals surface area contributed by atoms with Gasteiger partial charge in [-0.15, -0.1) is 0 Å². The van der Waals surface area contributed by atoms with Gasteiger partial charge in [0.1, 0.15) is 12.1 Å². The van der Waals surface area contributed by atoms with Crippen molar-refractivity contribution < 1.29 is 28.3 Å². The van der Waals surface area contributed by atoms with Crippen LogP contribution in [0, 0.1) is 0 Å². The Morgan fingerprint density at radius 1 is 1.11 bits per heavy atom. The van der Waals surface area contributed by atoms with Crippen LogP contribution in [0.5, 0.6) is 0 Å². The van der Waals surface area contributed by atoms with E-state index in [0.29, 0.717) is 11.1 Å². The van der Waals surface area contributed by atoms with Crippen molar-refractivity contribution in [1.29, 1.82) is 0 Å². The Labute approximate surface area is 203 Å². The van der Waals surface area contributed by atoms with Crippen molar-refractivity contribution in [2.75, 3.05) is 13.2 Å². The molecule has 0 fully saturated rings. The molecule has 2 atom stereocenters. The molecule has 0 saturated carbocycles. The fraction of sp³-hybridized carbons (Fsp3) is 0.261. The molecule has 0 spiro atoms. The molecule has 2 amide bonds. The molecule has 1 aliphatic rings. The normalized spacial score (nSPS) is 16.8. The molecular weight excluding hydrogens is 474 g/mol. The molecule has 0 radical (unpaired) electrons. The van der Waals surface area contributed by atoms with Crippen molar-refractivity contribution in [1.82, 2.24) is 14.9 Å². The lowest BCUT2D eigenvalue weighted by Gasteiger charge is -2.27. The summed E-state index contributed by atoms with van der Waals surface area (Å²) in [5.41, 5.74) is 7.32. The van der Waals surface area contributed by atoms with E-state index in [1.54, 1.807) is 66.7 Å². The number of amides is 2. The summed E-state index contributed by atoms with van der Waals surface area (Å²) in [6.45, 7) is -0.499. The fourth-order valence-electron chi connectivity index (χ4n) is 3.54. The number of sulfonamides is 1. The molecule has 0 bridgehead atoms. The molecular formula is C23H27N5O6S. The number of aliphatic hydroxyl groups is 1. The molecule has 0 saturated heterocycles.